The second-order valence-corrected chi connectivity index (χ2v) is 8.81. The average molecular weight is 405 g/mol. The van der Waals surface area contributed by atoms with Gasteiger partial charge in [-0.15, -0.1) is 0 Å². The Labute approximate surface area is 176 Å². The number of aromatic nitrogens is 1. The molecule has 1 spiro atoms. The van der Waals surface area contributed by atoms with Gasteiger partial charge in [0.05, 0.1) is 18.2 Å². The van der Waals surface area contributed by atoms with E-state index in [9.17, 15) is 14.7 Å². The molecular formula is C24H27N3O3. The van der Waals surface area contributed by atoms with Crippen LogP contribution in [0.3, 0.4) is 0 Å². The van der Waals surface area contributed by atoms with Crippen molar-refractivity contribution in [3.05, 3.63) is 66.0 Å². The van der Waals surface area contributed by atoms with Gasteiger partial charge in [0.25, 0.3) is 5.91 Å². The van der Waals surface area contributed by atoms with Crippen LogP contribution in [-0.4, -0.2) is 63.0 Å². The first kappa shape index (κ1) is 19.2. The molecule has 30 heavy (non-hydrogen) atoms. The molecule has 1 saturated carbocycles. The topological polar surface area (TPSA) is 73.7 Å². The van der Waals surface area contributed by atoms with E-state index < -0.39 is 5.54 Å². The highest BCUT2D eigenvalue weighted by atomic mass is 16.3. The molecule has 2 amide bonds. The van der Waals surface area contributed by atoms with E-state index in [2.05, 4.69) is 17.1 Å². The molecule has 0 bridgehead atoms. The van der Waals surface area contributed by atoms with E-state index in [1.54, 1.807) is 23.2 Å². The van der Waals surface area contributed by atoms with Crippen molar-refractivity contribution in [2.75, 3.05) is 19.7 Å². The summed E-state index contributed by atoms with van der Waals surface area (Å²) in [7, 11) is 0. The van der Waals surface area contributed by atoms with E-state index in [1.807, 2.05) is 29.2 Å². The minimum absolute atomic E-state index is 0.0295. The highest BCUT2D eigenvalue weighted by Crippen LogP contribution is 2.55. The largest absolute Gasteiger partial charge is 0.394 e. The van der Waals surface area contributed by atoms with Crippen molar-refractivity contribution in [1.82, 2.24) is 14.8 Å². The number of aliphatic hydroxyl groups is 1. The summed E-state index contributed by atoms with van der Waals surface area (Å²) >= 11 is 0. The summed E-state index contributed by atoms with van der Waals surface area (Å²) in [5.74, 6) is 0.132. The van der Waals surface area contributed by atoms with Crippen molar-refractivity contribution in [3.8, 4) is 0 Å². The van der Waals surface area contributed by atoms with Crippen molar-refractivity contribution < 1.29 is 14.7 Å². The molecule has 0 unspecified atom stereocenters. The van der Waals surface area contributed by atoms with Crippen molar-refractivity contribution in [2.24, 2.45) is 5.92 Å². The van der Waals surface area contributed by atoms with Crippen molar-refractivity contribution >= 4 is 11.8 Å². The molecule has 1 aromatic heterocycles. The summed E-state index contributed by atoms with van der Waals surface area (Å²) in [6.45, 7) is 0.905. The summed E-state index contributed by atoms with van der Waals surface area (Å²) in [6.07, 6.45) is 5.66. The van der Waals surface area contributed by atoms with Crippen LogP contribution in [-0.2, 0) is 4.79 Å². The summed E-state index contributed by atoms with van der Waals surface area (Å²) in [4.78, 5) is 34.2. The molecule has 3 fully saturated rings. The number of pyridine rings is 1. The summed E-state index contributed by atoms with van der Waals surface area (Å²) in [6, 6.07) is 15.2. The lowest BCUT2D eigenvalue weighted by Gasteiger charge is -2.70. The van der Waals surface area contributed by atoms with Crippen molar-refractivity contribution in [1.29, 1.82) is 0 Å². The maximum Gasteiger partial charge on any atom is 0.272 e. The number of amides is 2. The van der Waals surface area contributed by atoms with E-state index in [4.69, 9.17) is 0 Å². The molecule has 156 valence electrons. The third-order valence-electron chi connectivity index (χ3n) is 7.16. The monoisotopic (exact) mass is 405 g/mol. The molecule has 2 saturated heterocycles. The Morgan fingerprint density at radius 2 is 1.73 bits per heavy atom. The maximum atomic E-state index is 13.4. The Balaban J connectivity index is 1.44. The second-order valence-electron chi connectivity index (χ2n) is 8.81. The van der Waals surface area contributed by atoms with E-state index in [0.717, 1.165) is 31.2 Å². The van der Waals surface area contributed by atoms with Gasteiger partial charge in [-0.3, -0.25) is 14.6 Å². The molecule has 1 N–H and O–H groups in total. The van der Waals surface area contributed by atoms with Crippen LogP contribution in [0, 0.1) is 5.92 Å². The van der Waals surface area contributed by atoms with Gasteiger partial charge in [0.2, 0.25) is 5.91 Å². The normalized spacial score (nSPS) is 25.1. The lowest BCUT2D eigenvalue weighted by atomic mass is 9.60. The zero-order valence-electron chi connectivity index (χ0n) is 17.0. The van der Waals surface area contributed by atoms with Gasteiger partial charge < -0.3 is 14.9 Å². The fourth-order valence-electron chi connectivity index (χ4n) is 5.80. The molecule has 1 aromatic carbocycles. The highest BCUT2D eigenvalue weighted by molar-refractivity contribution is 5.93. The molecule has 2 atom stereocenters. The first-order valence-electron chi connectivity index (χ1n) is 10.8. The Morgan fingerprint density at radius 1 is 1.03 bits per heavy atom. The predicted molar refractivity (Wildman–Crippen MR) is 112 cm³/mol. The maximum absolute atomic E-state index is 13.4. The summed E-state index contributed by atoms with van der Waals surface area (Å²) < 4.78 is 0. The number of rotatable bonds is 4. The first-order chi connectivity index (χ1) is 14.7. The molecule has 6 heteroatoms. The second kappa shape index (κ2) is 7.51. The van der Waals surface area contributed by atoms with Gasteiger partial charge in [0.1, 0.15) is 5.69 Å². The number of carbonyl (C=O) groups is 2. The smallest absolute Gasteiger partial charge is 0.272 e. The molecule has 3 aliphatic rings. The van der Waals surface area contributed by atoms with E-state index >= 15 is 0 Å². The standard InChI is InChI=1S/C24H27N3O3/c28-14-20-21(17-8-2-1-3-9-17)24(27(20)22(29)18-10-4-5-11-18)15-26(16-24)23(30)19-12-6-7-13-25-19/h1-3,6-9,12-13,18,20-21,28H,4-5,10-11,14-16H2/t20-,21+/m0/s1. The highest BCUT2D eigenvalue weighted by Gasteiger charge is 2.68. The average Bonchev–Trinajstić information content (AvgIpc) is 3.28. The first-order valence-corrected chi connectivity index (χ1v) is 10.8. The van der Waals surface area contributed by atoms with Crippen LogP contribution in [0.2, 0.25) is 0 Å². The van der Waals surface area contributed by atoms with Gasteiger partial charge in [-0.25, -0.2) is 0 Å². The quantitative estimate of drug-likeness (QED) is 0.848. The lowest BCUT2D eigenvalue weighted by Crippen LogP contribution is -2.86. The molecule has 1 aliphatic carbocycles. The van der Waals surface area contributed by atoms with Gasteiger partial charge in [-0.2, -0.15) is 0 Å². The molecule has 0 radical (unpaired) electrons. The molecular weight excluding hydrogens is 378 g/mol. The lowest BCUT2D eigenvalue weighted by molar-refractivity contribution is -0.197. The molecule has 3 heterocycles. The summed E-state index contributed by atoms with van der Waals surface area (Å²) in [5.41, 5.74) is 1.12. The molecule has 6 nitrogen and oxygen atoms in total. The van der Waals surface area contributed by atoms with Gasteiger partial charge in [0.15, 0.2) is 0 Å². The number of hydrogen-bond donors (Lipinski definition) is 1. The van der Waals surface area contributed by atoms with Crippen molar-refractivity contribution in [2.45, 2.75) is 43.2 Å². The van der Waals surface area contributed by atoms with Crippen LogP contribution in [0.4, 0.5) is 0 Å². The number of carbonyl (C=O) groups excluding carboxylic acids is 2. The number of aliphatic hydroxyl groups excluding tert-OH is 1. The third-order valence-corrected chi connectivity index (χ3v) is 7.16. The van der Waals surface area contributed by atoms with Crippen LogP contribution in [0.1, 0.15) is 47.7 Å². The van der Waals surface area contributed by atoms with Gasteiger partial charge >= 0.3 is 0 Å². The predicted octanol–water partition coefficient (Wildman–Crippen LogP) is 2.45. The zero-order chi connectivity index (χ0) is 20.7. The molecule has 5 rings (SSSR count). The minimum Gasteiger partial charge on any atom is -0.394 e. The van der Waals surface area contributed by atoms with E-state index in [1.165, 1.54) is 0 Å². The Bertz CT molecular complexity index is 921. The fraction of sp³-hybridized carbons (Fsp3) is 0.458. The third kappa shape index (κ3) is 2.85. The Kier molecular flexibility index (Phi) is 4.82. The van der Waals surface area contributed by atoms with Crippen LogP contribution >= 0.6 is 0 Å². The van der Waals surface area contributed by atoms with Crippen LogP contribution < -0.4 is 0 Å². The van der Waals surface area contributed by atoms with Crippen LogP contribution in [0.25, 0.3) is 0 Å². The number of nitrogens with zero attached hydrogens (tertiary/aromatic N) is 3. The SMILES string of the molecule is O=C(c1ccccn1)N1CC2(C1)[C@H](c1ccccc1)[C@H](CO)N2C(=O)C1CCCC1. The minimum atomic E-state index is -0.432. The number of likely N-dealkylation sites (tertiary alicyclic amines) is 2. The Morgan fingerprint density at radius 3 is 2.37 bits per heavy atom. The Hall–Kier alpha value is -2.73. The van der Waals surface area contributed by atoms with Gasteiger partial charge in [0, 0.05) is 31.1 Å². The van der Waals surface area contributed by atoms with Crippen LogP contribution in [0.5, 0.6) is 0 Å². The van der Waals surface area contributed by atoms with Gasteiger partial charge in [-0.1, -0.05) is 49.2 Å². The molecule has 2 aliphatic heterocycles. The molecule has 2 aromatic rings. The summed E-state index contributed by atoms with van der Waals surface area (Å²) in [5, 5.41) is 10.2. The van der Waals surface area contributed by atoms with Crippen LogP contribution in [0.15, 0.2) is 54.7 Å². The van der Waals surface area contributed by atoms with Gasteiger partial charge in [-0.05, 0) is 30.5 Å². The number of benzene rings is 1. The fourth-order valence-corrected chi connectivity index (χ4v) is 5.80. The number of hydrogen-bond acceptors (Lipinski definition) is 4. The van der Waals surface area contributed by atoms with E-state index in [0.29, 0.717) is 18.8 Å². The van der Waals surface area contributed by atoms with Crippen molar-refractivity contribution in [3.63, 3.8) is 0 Å². The zero-order valence-corrected chi connectivity index (χ0v) is 17.0. The van der Waals surface area contributed by atoms with E-state index in [-0.39, 0.29) is 36.3 Å².